The molecule has 1 atom stereocenters. The summed E-state index contributed by atoms with van der Waals surface area (Å²) in [5.74, 6) is 1.51. The molecule has 0 spiro atoms. The van der Waals surface area contributed by atoms with Crippen molar-refractivity contribution in [2.24, 2.45) is 0 Å². The maximum atomic E-state index is 13.0. The van der Waals surface area contributed by atoms with Crippen molar-refractivity contribution in [2.75, 3.05) is 5.75 Å². The van der Waals surface area contributed by atoms with Gasteiger partial charge in [0.2, 0.25) is 0 Å². The topological polar surface area (TPSA) is 25.8 Å². The Bertz CT molecular complexity index is 620. The molecule has 1 aromatic heterocycles. The number of benzene rings is 1. The third-order valence-corrected chi connectivity index (χ3v) is 5.36. The van der Waals surface area contributed by atoms with Gasteiger partial charge in [-0.25, -0.2) is 14.4 Å². The van der Waals surface area contributed by atoms with Crippen LogP contribution in [-0.2, 0) is 0 Å². The molecule has 0 aliphatic carbocycles. The normalized spacial score (nSPS) is 18.7. The lowest BCUT2D eigenvalue weighted by Gasteiger charge is -2.20. The van der Waals surface area contributed by atoms with Gasteiger partial charge in [-0.1, -0.05) is 41.8 Å². The molecule has 0 N–H and O–H groups in total. The summed E-state index contributed by atoms with van der Waals surface area (Å²) in [6.45, 7) is 0. The molecule has 1 unspecified atom stereocenters. The first kappa shape index (κ1) is 15.1. The van der Waals surface area contributed by atoms with Crippen LogP contribution in [0.25, 0.3) is 11.1 Å². The van der Waals surface area contributed by atoms with Crippen molar-refractivity contribution in [1.29, 1.82) is 0 Å². The lowest BCUT2D eigenvalue weighted by Crippen LogP contribution is -2.07. The summed E-state index contributed by atoms with van der Waals surface area (Å²) in [6.07, 6.45) is 3.46. The molecule has 2 nitrogen and oxygen atoms in total. The van der Waals surface area contributed by atoms with E-state index in [0.717, 1.165) is 12.2 Å². The molecule has 1 saturated heterocycles. The van der Waals surface area contributed by atoms with E-state index in [2.05, 4.69) is 9.97 Å². The van der Waals surface area contributed by atoms with Gasteiger partial charge in [-0.2, -0.15) is 11.8 Å². The molecule has 0 amide bonds. The quantitative estimate of drug-likeness (QED) is 0.669. The van der Waals surface area contributed by atoms with Crippen LogP contribution in [0.4, 0.5) is 4.39 Å². The lowest BCUT2D eigenvalue weighted by molar-refractivity contribution is 0.628. The van der Waals surface area contributed by atoms with Crippen molar-refractivity contribution in [3.8, 4) is 11.1 Å². The fraction of sp³-hybridized carbons (Fsp3) is 0.333. The van der Waals surface area contributed by atoms with E-state index in [1.54, 1.807) is 12.1 Å². The minimum atomic E-state index is -0.304. The summed E-state index contributed by atoms with van der Waals surface area (Å²) in [4.78, 5) is 8.82. The number of nitrogens with zero attached hydrogens (tertiary/aromatic N) is 2. The third kappa shape index (κ3) is 3.33. The van der Waals surface area contributed by atoms with Crippen LogP contribution in [0.1, 0.15) is 30.3 Å². The number of thioether (sulfide) groups is 1. The molecule has 0 saturated carbocycles. The zero-order valence-electron chi connectivity index (χ0n) is 11.2. The van der Waals surface area contributed by atoms with Crippen LogP contribution in [0.15, 0.2) is 24.3 Å². The largest absolute Gasteiger partial charge is 0.219 e. The van der Waals surface area contributed by atoms with Crippen LogP contribution in [0.2, 0.25) is 10.3 Å². The number of halogens is 3. The Labute approximate surface area is 137 Å². The molecular formula is C15H13Cl2FN2S. The van der Waals surface area contributed by atoms with Crippen LogP contribution in [0.5, 0.6) is 0 Å². The first-order valence-corrected chi connectivity index (χ1v) is 8.56. The van der Waals surface area contributed by atoms with Crippen LogP contribution in [-0.4, -0.2) is 15.7 Å². The third-order valence-electron chi connectivity index (χ3n) is 3.44. The molecular weight excluding hydrogens is 330 g/mol. The van der Waals surface area contributed by atoms with Crippen LogP contribution in [0, 0.1) is 5.82 Å². The van der Waals surface area contributed by atoms with Gasteiger partial charge in [-0.3, -0.25) is 0 Å². The summed E-state index contributed by atoms with van der Waals surface area (Å²) >= 11 is 14.4. The summed E-state index contributed by atoms with van der Waals surface area (Å²) in [7, 11) is 0. The molecule has 6 heteroatoms. The maximum absolute atomic E-state index is 13.0. The fourth-order valence-electron chi connectivity index (χ4n) is 2.37. The summed E-state index contributed by atoms with van der Waals surface area (Å²) in [6, 6.07) is 5.99. The van der Waals surface area contributed by atoms with E-state index in [0.29, 0.717) is 27.3 Å². The van der Waals surface area contributed by atoms with E-state index in [-0.39, 0.29) is 11.1 Å². The molecule has 2 aromatic rings. The second kappa shape index (κ2) is 6.51. The van der Waals surface area contributed by atoms with Crippen molar-refractivity contribution in [3.05, 3.63) is 46.2 Å². The van der Waals surface area contributed by atoms with E-state index >= 15 is 0 Å². The van der Waals surface area contributed by atoms with Gasteiger partial charge in [0.15, 0.2) is 0 Å². The first-order chi connectivity index (χ1) is 10.1. The van der Waals surface area contributed by atoms with Crippen molar-refractivity contribution in [2.45, 2.75) is 24.5 Å². The highest BCUT2D eigenvalue weighted by Crippen LogP contribution is 2.40. The Hall–Kier alpha value is -0.840. The Kier molecular flexibility index (Phi) is 4.67. The van der Waals surface area contributed by atoms with Gasteiger partial charge in [0.05, 0.1) is 10.8 Å². The predicted molar refractivity (Wildman–Crippen MR) is 86.5 cm³/mol. The minimum absolute atomic E-state index is 0.260. The van der Waals surface area contributed by atoms with Gasteiger partial charge in [-0.05, 0) is 36.3 Å². The molecule has 1 aliphatic heterocycles. The molecule has 110 valence electrons. The van der Waals surface area contributed by atoms with Crippen LogP contribution >= 0.6 is 35.0 Å². The molecule has 0 radical (unpaired) electrons. The highest BCUT2D eigenvalue weighted by Gasteiger charge is 2.22. The summed E-state index contributed by atoms with van der Waals surface area (Å²) < 4.78 is 13.0. The molecule has 1 aliphatic rings. The van der Waals surface area contributed by atoms with Crippen molar-refractivity contribution in [3.63, 3.8) is 0 Å². The van der Waals surface area contributed by atoms with Gasteiger partial charge in [0.25, 0.3) is 0 Å². The van der Waals surface area contributed by atoms with Gasteiger partial charge < -0.3 is 0 Å². The first-order valence-electron chi connectivity index (χ1n) is 6.75. The van der Waals surface area contributed by atoms with E-state index in [4.69, 9.17) is 23.2 Å². The monoisotopic (exact) mass is 342 g/mol. The zero-order valence-corrected chi connectivity index (χ0v) is 13.5. The summed E-state index contributed by atoms with van der Waals surface area (Å²) in [5, 5.41) is 0.904. The van der Waals surface area contributed by atoms with E-state index in [1.165, 1.54) is 25.0 Å². The Balaban J connectivity index is 1.97. The Morgan fingerprint density at radius 2 is 1.71 bits per heavy atom. The number of aromatic nitrogens is 2. The lowest BCUT2D eigenvalue weighted by atomic mass is 10.1. The van der Waals surface area contributed by atoms with Gasteiger partial charge in [0.1, 0.15) is 21.9 Å². The molecule has 1 aromatic carbocycles. The standard InChI is InChI=1S/C15H13Cl2FN2S/c16-13-12(9-4-6-10(18)7-5-9)14(17)20-15(19-13)11-3-1-2-8-21-11/h4-7,11H,1-3,8H2. The summed E-state index contributed by atoms with van der Waals surface area (Å²) in [5.41, 5.74) is 1.28. The second-order valence-electron chi connectivity index (χ2n) is 4.90. The smallest absolute Gasteiger partial charge is 0.144 e. The molecule has 0 bridgehead atoms. The maximum Gasteiger partial charge on any atom is 0.144 e. The zero-order chi connectivity index (χ0) is 14.8. The van der Waals surface area contributed by atoms with Crippen LogP contribution in [0.3, 0.4) is 0 Å². The van der Waals surface area contributed by atoms with Crippen molar-refractivity contribution >= 4 is 35.0 Å². The molecule has 21 heavy (non-hydrogen) atoms. The SMILES string of the molecule is Fc1ccc(-c2c(Cl)nc(C3CCCCS3)nc2Cl)cc1. The van der Waals surface area contributed by atoms with Gasteiger partial charge >= 0.3 is 0 Å². The van der Waals surface area contributed by atoms with Crippen LogP contribution < -0.4 is 0 Å². The Morgan fingerprint density at radius 1 is 1.05 bits per heavy atom. The highest BCUT2D eigenvalue weighted by atomic mass is 35.5. The average molecular weight is 343 g/mol. The average Bonchev–Trinajstić information content (AvgIpc) is 2.49. The molecule has 3 rings (SSSR count). The van der Waals surface area contributed by atoms with Crippen molar-refractivity contribution < 1.29 is 4.39 Å². The predicted octanol–water partition coefficient (Wildman–Crippen LogP) is 5.55. The number of rotatable bonds is 2. The van der Waals surface area contributed by atoms with E-state index in [9.17, 15) is 4.39 Å². The minimum Gasteiger partial charge on any atom is -0.219 e. The van der Waals surface area contributed by atoms with Gasteiger partial charge in [0, 0.05) is 0 Å². The van der Waals surface area contributed by atoms with E-state index in [1.807, 2.05) is 11.8 Å². The number of hydrogen-bond donors (Lipinski definition) is 0. The van der Waals surface area contributed by atoms with E-state index < -0.39 is 0 Å². The molecule has 2 heterocycles. The Morgan fingerprint density at radius 3 is 2.29 bits per heavy atom. The second-order valence-corrected chi connectivity index (χ2v) is 6.93. The van der Waals surface area contributed by atoms with Gasteiger partial charge in [-0.15, -0.1) is 0 Å². The van der Waals surface area contributed by atoms with Crippen molar-refractivity contribution in [1.82, 2.24) is 9.97 Å². The number of hydrogen-bond acceptors (Lipinski definition) is 3. The molecule has 1 fully saturated rings. The fourth-order valence-corrected chi connectivity index (χ4v) is 4.23. The highest BCUT2D eigenvalue weighted by molar-refractivity contribution is 7.99.